The van der Waals surface area contributed by atoms with Crippen LogP contribution in [-0.4, -0.2) is 16.6 Å². The molecule has 0 bridgehead atoms. The molecule has 1 aromatic heterocycles. The summed E-state index contributed by atoms with van der Waals surface area (Å²) < 4.78 is 0. The Morgan fingerprint density at radius 2 is 1.82 bits per heavy atom. The lowest BCUT2D eigenvalue weighted by Crippen LogP contribution is -2.02. The number of nitrogens with zero attached hydrogens (tertiary/aromatic N) is 1. The van der Waals surface area contributed by atoms with E-state index in [9.17, 15) is 0 Å². The van der Waals surface area contributed by atoms with Crippen molar-refractivity contribution in [1.82, 2.24) is 4.98 Å². The van der Waals surface area contributed by atoms with Gasteiger partial charge in [-0.05, 0) is 30.7 Å². The minimum atomic E-state index is -0.0287. The number of pyridine rings is 1. The Morgan fingerprint density at radius 3 is 2.47 bits per heavy atom. The zero-order valence-corrected chi connectivity index (χ0v) is 9.63. The molecule has 2 aromatic rings. The van der Waals surface area contributed by atoms with Crippen LogP contribution in [0.5, 0.6) is 0 Å². The first kappa shape index (κ1) is 11.8. The minimum Gasteiger partial charge on any atom is -0.390 e. The summed E-state index contributed by atoms with van der Waals surface area (Å²) in [7, 11) is 0. The van der Waals surface area contributed by atoms with E-state index < -0.39 is 0 Å². The second-order valence-corrected chi connectivity index (χ2v) is 3.91. The van der Waals surface area contributed by atoms with E-state index in [2.05, 4.69) is 17.1 Å². The van der Waals surface area contributed by atoms with Gasteiger partial charge in [0.05, 0.1) is 18.0 Å². The summed E-state index contributed by atoms with van der Waals surface area (Å²) in [5.41, 5.74) is 9.37. The fourth-order valence-electron chi connectivity index (χ4n) is 1.74. The predicted octanol–water partition coefficient (Wildman–Crippen LogP) is 1.74. The molecule has 3 N–H and O–H groups in total. The molecule has 3 heteroatoms. The SMILES string of the molecule is NCCc1ccc(-c2cccc(CO)n2)cc1. The number of benzene rings is 1. The van der Waals surface area contributed by atoms with Gasteiger partial charge in [-0.1, -0.05) is 30.3 Å². The second-order valence-electron chi connectivity index (χ2n) is 3.91. The molecule has 0 unspecified atom stereocenters. The molecule has 0 spiro atoms. The van der Waals surface area contributed by atoms with Crippen LogP contribution in [0.15, 0.2) is 42.5 Å². The molecule has 1 heterocycles. The van der Waals surface area contributed by atoms with E-state index in [1.165, 1.54) is 5.56 Å². The first-order valence-electron chi connectivity index (χ1n) is 5.69. The molecule has 0 amide bonds. The molecular formula is C14H16N2O. The molecule has 1 aromatic carbocycles. The first-order valence-corrected chi connectivity index (χ1v) is 5.69. The summed E-state index contributed by atoms with van der Waals surface area (Å²) in [4.78, 5) is 4.36. The Kier molecular flexibility index (Phi) is 3.85. The highest BCUT2D eigenvalue weighted by atomic mass is 16.3. The summed E-state index contributed by atoms with van der Waals surface area (Å²) in [6.07, 6.45) is 0.893. The standard InChI is InChI=1S/C14H16N2O/c15-9-8-11-4-6-12(7-5-11)14-3-1-2-13(10-17)16-14/h1-7,17H,8-10,15H2. The van der Waals surface area contributed by atoms with Gasteiger partial charge >= 0.3 is 0 Å². The van der Waals surface area contributed by atoms with E-state index in [0.29, 0.717) is 12.2 Å². The quantitative estimate of drug-likeness (QED) is 0.838. The number of aliphatic hydroxyl groups is 1. The van der Waals surface area contributed by atoms with E-state index in [1.807, 2.05) is 30.3 Å². The smallest absolute Gasteiger partial charge is 0.0853 e. The van der Waals surface area contributed by atoms with Crippen LogP contribution in [0.2, 0.25) is 0 Å². The molecule has 2 rings (SSSR count). The van der Waals surface area contributed by atoms with Gasteiger partial charge < -0.3 is 10.8 Å². The van der Waals surface area contributed by atoms with Crippen molar-refractivity contribution in [2.75, 3.05) is 6.54 Å². The van der Waals surface area contributed by atoms with Gasteiger partial charge in [-0.25, -0.2) is 0 Å². The topological polar surface area (TPSA) is 59.1 Å². The molecule has 0 aliphatic heterocycles. The van der Waals surface area contributed by atoms with Gasteiger partial charge in [-0.15, -0.1) is 0 Å². The van der Waals surface area contributed by atoms with Gasteiger partial charge in [-0.3, -0.25) is 4.98 Å². The van der Waals surface area contributed by atoms with E-state index >= 15 is 0 Å². The number of aliphatic hydroxyl groups excluding tert-OH is 1. The average Bonchev–Trinajstić information content (AvgIpc) is 2.40. The normalized spacial score (nSPS) is 10.5. The number of hydrogen-bond donors (Lipinski definition) is 2. The van der Waals surface area contributed by atoms with E-state index in [1.54, 1.807) is 0 Å². The molecular weight excluding hydrogens is 212 g/mol. The summed E-state index contributed by atoms with van der Waals surface area (Å²) in [6, 6.07) is 13.9. The largest absolute Gasteiger partial charge is 0.390 e. The number of hydrogen-bond acceptors (Lipinski definition) is 3. The molecule has 0 radical (unpaired) electrons. The van der Waals surface area contributed by atoms with Gasteiger partial charge in [0.1, 0.15) is 0 Å². The Bertz CT molecular complexity index is 480. The van der Waals surface area contributed by atoms with Crippen molar-refractivity contribution in [1.29, 1.82) is 0 Å². The van der Waals surface area contributed by atoms with Crippen LogP contribution in [0.4, 0.5) is 0 Å². The molecule has 17 heavy (non-hydrogen) atoms. The highest BCUT2D eigenvalue weighted by molar-refractivity contribution is 5.59. The molecule has 0 aliphatic carbocycles. The van der Waals surface area contributed by atoms with Crippen LogP contribution in [0, 0.1) is 0 Å². The molecule has 88 valence electrons. The van der Waals surface area contributed by atoms with Gasteiger partial charge in [0, 0.05) is 5.56 Å². The number of nitrogens with two attached hydrogens (primary N) is 1. The van der Waals surface area contributed by atoms with Crippen molar-refractivity contribution in [2.45, 2.75) is 13.0 Å². The minimum absolute atomic E-state index is 0.0287. The number of rotatable bonds is 4. The third-order valence-electron chi connectivity index (χ3n) is 2.65. The molecule has 0 atom stereocenters. The fraction of sp³-hybridized carbons (Fsp3) is 0.214. The first-order chi connectivity index (χ1) is 8.33. The number of aromatic nitrogens is 1. The van der Waals surface area contributed by atoms with Gasteiger partial charge in [-0.2, -0.15) is 0 Å². The molecule has 3 nitrogen and oxygen atoms in total. The van der Waals surface area contributed by atoms with E-state index in [0.717, 1.165) is 17.7 Å². The second kappa shape index (κ2) is 5.57. The lowest BCUT2D eigenvalue weighted by molar-refractivity contribution is 0.277. The fourth-order valence-corrected chi connectivity index (χ4v) is 1.74. The van der Waals surface area contributed by atoms with Crippen molar-refractivity contribution < 1.29 is 5.11 Å². The predicted molar refractivity (Wildman–Crippen MR) is 68.4 cm³/mol. The Balaban J connectivity index is 2.26. The molecule has 0 saturated carbocycles. The average molecular weight is 228 g/mol. The van der Waals surface area contributed by atoms with Crippen molar-refractivity contribution >= 4 is 0 Å². The molecule has 0 fully saturated rings. The Hall–Kier alpha value is -1.71. The van der Waals surface area contributed by atoms with Crippen LogP contribution in [-0.2, 0) is 13.0 Å². The maximum absolute atomic E-state index is 9.05. The lowest BCUT2D eigenvalue weighted by Gasteiger charge is -2.04. The van der Waals surface area contributed by atoms with Gasteiger partial charge in [0.25, 0.3) is 0 Å². The Labute approximate surface area is 101 Å². The maximum Gasteiger partial charge on any atom is 0.0853 e. The van der Waals surface area contributed by atoms with Crippen LogP contribution >= 0.6 is 0 Å². The summed E-state index contributed by atoms with van der Waals surface area (Å²) in [6.45, 7) is 0.636. The van der Waals surface area contributed by atoms with Crippen molar-refractivity contribution in [3.8, 4) is 11.3 Å². The molecule has 0 saturated heterocycles. The van der Waals surface area contributed by atoms with Gasteiger partial charge in [0.15, 0.2) is 0 Å². The lowest BCUT2D eigenvalue weighted by atomic mass is 10.1. The van der Waals surface area contributed by atoms with Crippen molar-refractivity contribution in [3.05, 3.63) is 53.7 Å². The summed E-state index contributed by atoms with van der Waals surface area (Å²) in [5, 5.41) is 9.05. The van der Waals surface area contributed by atoms with E-state index in [-0.39, 0.29) is 6.61 Å². The van der Waals surface area contributed by atoms with Crippen LogP contribution < -0.4 is 5.73 Å². The van der Waals surface area contributed by atoms with Crippen LogP contribution in [0.3, 0.4) is 0 Å². The summed E-state index contributed by atoms with van der Waals surface area (Å²) >= 11 is 0. The highest BCUT2D eigenvalue weighted by Gasteiger charge is 2.00. The van der Waals surface area contributed by atoms with Crippen LogP contribution in [0.25, 0.3) is 11.3 Å². The van der Waals surface area contributed by atoms with Crippen molar-refractivity contribution in [3.63, 3.8) is 0 Å². The summed E-state index contributed by atoms with van der Waals surface area (Å²) in [5.74, 6) is 0. The maximum atomic E-state index is 9.05. The van der Waals surface area contributed by atoms with Crippen LogP contribution in [0.1, 0.15) is 11.3 Å². The highest BCUT2D eigenvalue weighted by Crippen LogP contribution is 2.18. The Morgan fingerprint density at radius 1 is 1.06 bits per heavy atom. The van der Waals surface area contributed by atoms with E-state index in [4.69, 9.17) is 10.8 Å². The zero-order valence-electron chi connectivity index (χ0n) is 9.63. The molecule has 0 aliphatic rings. The van der Waals surface area contributed by atoms with Crippen molar-refractivity contribution in [2.24, 2.45) is 5.73 Å². The zero-order chi connectivity index (χ0) is 12.1. The third kappa shape index (κ3) is 2.90. The van der Waals surface area contributed by atoms with Gasteiger partial charge in [0.2, 0.25) is 0 Å². The monoisotopic (exact) mass is 228 g/mol. The third-order valence-corrected chi connectivity index (χ3v) is 2.65.